The monoisotopic (exact) mass is 163 g/mol. The van der Waals surface area contributed by atoms with Crippen LogP contribution in [0.15, 0.2) is 30.3 Å². The van der Waals surface area contributed by atoms with E-state index >= 15 is 0 Å². The van der Waals surface area contributed by atoms with E-state index in [2.05, 4.69) is 24.3 Å². The zero-order chi connectivity index (χ0) is 7.68. The largest absolute Gasteiger partial charge is 0.116 e. The first-order valence-corrected chi connectivity index (χ1v) is 4.07. The van der Waals surface area contributed by atoms with Gasteiger partial charge in [-0.3, -0.25) is 0 Å². The molecule has 0 nitrogen and oxygen atoms in total. The topological polar surface area (TPSA) is 0 Å². The van der Waals surface area contributed by atoms with Crippen molar-refractivity contribution in [3.8, 4) is 0 Å². The summed E-state index contributed by atoms with van der Waals surface area (Å²) < 4.78 is 0. The fourth-order valence-electron chi connectivity index (χ4n) is 1.41. The zero-order valence-electron chi connectivity index (χ0n) is 6.05. The highest BCUT2D eigenvalue weighted by atomic mass is 35.5. The molecule has 0 heterocycles. The Bertz CT molecular complexity index is 299. The third kappa shape index (κ3) is 1.08. The molecule has 55 valence electrons. The van der Waals surface area contributed by atoms with E-state index in [1.54, 1.807) is 5.88 Å². The van der Waals surface area contributed by atoms with Crippen LogP contribution >= 0.6 is 11.6 Å². The Labute approximate surface area is 71.5 Å². The Morgan fingerprint density at radius 2 is 2.09 bits per heavy atom. The standard InChI is InChI=1S/C10H8Cl/c11-7-9-6-5-8-3-1-2-4-10(8)9/h1-4,6-7H,5H2. The van der Waals surface area contributed by atoms with E-state index in [1.807, 2.05) is 6.07 Å². The van der Waals surface area contributed by atoms with Gasteiger partial charge < -0.3 is 0 Å². The maximum absolute atomic E-state index is 5.64. The summed E-state index contributed by atoms with van der Waals surface area (Å²) in [7, 11) is 0. The summed E-state index contributed by atoms with van der Waals surface area (Å²) in [6.45, 7) is 0. The molecule has 0 bridgehead atoms. The van der Waals surface area contributed by atoms with Crippen LogP contribution in [-0.2, 0) is 6.42 Å². The minimum Gasteiger partial charge on any atom is -0.116 e. The number of benzene rings is 1. The molecular weight excluding hydrogens is 156 g/mol. The maximum atomic E-state index is 5.64. The molecule has 0 amide bonds. The van der Waals surface area contributed by atoms with Gasteiger partial charge in [0.05, 0.1) is 5.88 Å². The molecule has 0 unspecified atom stereocenters. The molecule has 0 aromatic heterocycles. The number of hydrogen-bond donors (Lipinski definition) is 0. The highest BCUT2D eigenvalue weighted by Gasteiger charge is 2.11. The van der Waals surface area contributed by atoms with Crippen molar-refractivity contribution in [1.82, 2.24) is 0 Å². The Kier molecular flexibility index (Phi) is 1.71. The second-order valence-corrected chi connectivity index (χ2v) is 2.85. The van der Waals surface area contributed by atoms with Gasteiger partial charge >= 0.3 is 0 Å². The van der Waals surface area contributed by atoms with Crippen molar-refractivity contribution in [3.63, 3.8) is 0 Å². The van der Waals surface area contributed by atoms with Gasteiger partial charge in [0.1, 0.15) is 0 Å². The first-order valence-electron chi connectivity index (χ1n) is 3.63. The van der Waals surface area contributed by atoms with E-state index in [1.165, 1.54) is 11.1 Å². The third-order valence-electron chi connectivity index (χ3n) is 1.99. The molecule has 0 saturated heterocycles. The quantitative estimate of drug-likeness (QED) is 0.597. The summed E-state index contributed by atoms with van der Waals surface area (Å²) in [5.74, 6) is 1.64. The van der Waals surface area contributed by atoms with Gasteiger partial charge in [0.25, 0.3) is 0 Å². The van der Waals surface area contributed by atoms with Crippen molar-refractivity contribution in [2.24, 2.45) is 0 Å². The van der Waals surface area contributed by atoms with Gasteiger partial charge in [-0.15, -0.1) is 11.6 Å². The van der Waals surface area contributed by atoms with Crippen molar-refractivity contribution >= 4 is 17.2 Å². The van der Waals surface area contributed by atoms with Gasteiger partial charge in [-0.05, 0) is 23.1 Å². The molecule has 0 spiro atoms. The highest BCUT2D eigenvalue weighted by molar-refractivity contribution is 6.29. The van der Waals surface area contributed by atoms with Gasteiger partial charge in [-0.1, -0.05) is 30.3 Å². The lowest BCUT2D eigenvalue weighted by Gasteiger charge is -1.99. The molecule has 1 aliphatic rings. The van der Waals surface area contributed by atoms with E-state index in [4.69, 9.17) is 11.6 Å². The Balaban J connectivity index is 2.48. The summed E-state index contributed by atoms with van der Waals surface area (Å²) in [6, 6.07) is 8.34. The van der Waals surface area contributed by atoms with Crippen molar-refractivity contribution in [2.75, 3.05) is 0 Å². The predicted octanol–water partition coefficient (Wildman–Crippen LogP) is 3.03. The Morgan fingerprint density at radius 1 is 1.27 bits per heavy atom. The van der Waals surface area contributed by atoms with Gasteiger partial charge in [0.15, 0.2) is 0 Å². The second-order valence-electron chi connectivity index (χ2n) is 2.63. The number of hydrogen-bond acceptors (Lipinski definition) is 0. The molecule has 1 aromatic rings. The van der Waals surface area contributed by atoms with Crippen LogP contribution < -0.4 is 0 Å². The molecular formula is C10H8Cl. The molecule has 0 aliphatic heterocycles. The molecule has 0 fully saturated rings. The van der Waals surface area contributed by atoms with E-state index in [0.717, 1.165) is 12.0 Å². The zero-order valence-corrected chi connectivity index (χ0v) is 6.81. The molecule has 0 atom stereocenters. The summed E-state index contributed by atoms with van der Waals surface area (Å²) in [4.78, 5) is 0. The summed E-state index contributed by atoms with van der Waals surface area (Å²) >= 11 is 5.64. The summed E-state index contributed by atoms with van der Waals surface area (Å²) in [6.07, 6.45) is 3.17. The van der Waals surface area contributed by atoms with Crippen LogP contribution in [0.2, 0.25) is 0 Å². The summed E-state index contributed by atoms with van der Waals surface area (Å²) in [5, 5.41) is 0. The SMILES string of the molecule is Cl[CH]C1=CCc2ccccc21. The lowest BCUT2D eigenvalue weighted by molar-refractivity contribution is 1.31. The second kappa shape index (κ2) is 2.71. The van der Waals surface area contributed by atoms with Crippen molar-refractivity contribution < 1.29 is 0 Å². The minimum atomic E-state index is 1.02. The van der Waals surface area contributed by atoms with Crippen molar-refractivity contribution in [3.05, 3.63) is 47.3 Å². The third-order valence-corrected chi connectivity index (χ3v) is 2.22. The van der Waals surface area contributed by atoms with E-state index in [0.29, 0.717) is 0 Å². The minimum absolute atomic E-state index is 1.02. The van der Waals surface area contributed by atoms with Gasteiger partial charge in [0, 0.05) is 0 Å². The summed E-state index contributed by atoms with van der Waals surface area (Å²) in [5.41, 5.74) is 3.81. The average Bonchev–Trinajstić information content (AvgIpc) is 2.47. The number of allylic oxidation sites excluding steroid dienone is 2. The van der Waals surface area contributed by atoms with Crippen LogP contribution in [-0.4, -0.2) is 0 Å². The fraction of sp³-hybridized carbons (Fsp3) is 0.100. The number of fused-ring (bicyclic) bond motifs is 1. The van der Waals surface area contributed by atoms with Crippen LogP contribution in [0.5, 0.6) is 0 Å². The van der Waals surface area contributed by atoms with Crippen molar-refractivity contribution in [1.29, 1.82) is 0 Å². The molecule has 1 radical (unpaired) electrons. The van der Waals surface area contributed by atoms with Crippen LogP contribution in [0, 0.1) is 5.88 Å². The van der Waals surface area contributed by atoms with Crippen LogP contribution in [0.25, 0.3) is 5.57 Å². The first-order chi connectivity index (χ1) is 5.42. The predicted molar refractivity (Wildman–Crippen MR) is 48.3 cm³/mol. The van der Waals surface area contributed by atoms with Gasteiger partial charge in [-0.2, -0.15) is 0 Å². The lowest BCUT2D eigenvalue weighted by Crippen LogP contribution is -1.81. The van der Waals surface area contributed by atoms with Gasteiger partial charge in [0.2, 0.25) is 0 Å². The molecule has 0 N–H and O–H groups in total. The molecule has 1 aromatic carbocycles. The van der Waals surface area contributed by atoms with E-state index < -0.39 is 0 Å². The number of rotatable bonds is 1. The van der Waals surface area contributed by atoms with Crippen LogP contribution in [0.3, 0.4) is 0 Å². The first kappa shape index (κ1) is 6.93. The van der Waals surface area contributed by atoms with E-state index in [-0.39, 0.29) is 0 Å². The van der Waals surface area contributed by atoms with Crippen LogP contribution in [0.1, 0.15) is 11.1 Å². The Morgan fingerprint density at radius 3 is 2.91 bits per heavy atom. The average molecular weight is 164 g/mol. The Hall–Kier alpha value is -0.750. The lowest BCUT2D eigenvalue weighted by atomic mass is 10.1. The molecule has 11 heavy (non-hydrogen) atoms. The fourth-order valence-corrected chi connectivity index (χ4v) is 1.62. The van der Waals surface area contributed by atoms with E-state index in [9.17, 15) is 0 Å². The van der Waals surface area contributed by atoms with Crippen LogP contribution in [0.4, 0.5) is 0 Å². The maximum Gasteiger partial charge on any atom is 0.0793 e. The van der Waals surface area contributed by atoms with Gasteiger partial charge in [-0.25, -0.2) is 0 Å². The molecule has 2 rings (SSSR count). The smallest absolute Gasteiger partial charge is 0.0793 e. The number of halogens is 1. The molecule has 1 heteroatoms. The molecule has 0 saturated carbocycles. The molecule has 1 aliphatic carbocycles. The highest BCUT2D eigenvalue weighted by Crippen LogP contribution is 2.29. The normalized spacial score (nSPS) is 14.5. The van der Waals surface area contributed by atoms with Crippen molar-refractivity contribution in [2.45, 2.75) is 6.42 Å².